The van der Waals surface area contributed by atoms with E-state index in [4.69, 9.17) is 21.1 Å². The summed E-state index contributed by atoms with van der Waals surface area (Å²) in [4.78, 5) is 0. The predicted octanol–water partition coefficient (Wildman–Crippen LogP) is 0.997. The molecule has 0 aliphatic carbocycles. The maximum Gasteiger partial charge on any atom is 0.0834 e. The lowest BCUT2D eigenvalue weighted by Gasteiger charge is -2.17. The van der Waals surface area contributed by atoms with E-state index in [2.05, 4.69) is 10.4 Å². The summed E-state index contributed by atoms with van der Waals surface area (Å²) in [6, 6.07) is 0.0388. The largest absolute Gasteiger partial charge is 0.382 e. The molecule has 0 radical (unpaired) electrons. The lowest BCUT2D eigenvalue weighted by molar-refractivity contribution is 0.0586. The fourth-order valence-corrected chi connectivity index (χ4v) is 1.75. The smallest absolute Gasteiger partial charge is 0.0834 e. The Bertz CT molecular complexity index is 298. The average molecular weight is 248 g/mol. The molecule has 5 nitrogen and oxygen atoms in total. The molecule has 0 aliphatic heterocycles. The lowest BCUT2D eigenvalue weighted by Crippen LogP contribution is -2.25. The number of hydrogen-bond donors (Lipinski definition) is 1. The zero-order valence-corrected chi connectivity index (χ0v) is 10.6. The summed E-state index contributed by atoms with van der Waals surface area (Å²) >= 11 is 6.06. The second-order valence-corrected chi connectivity index (χ2v) is 3.82. The third-order valence-corrected chi connectivity index (χ3v) is 2.62. The number of hydrogen-bond acceptors (Lipinski definition) is 4. The molecule has 92 valence electrons. The normalized spacial score (nSPS) is 13.0. The molecule has 0 saturated carbocycles. The molecule has 0 aromatic carbocycles. The Morgan fingerprint density at radius 3 is 2.81 bits per heavy atom. The van der Waals surface area contributed by atoms with Crippen molar-refractivity contribution in [3.05, 3.63) is 16.9 Å². The van der Waals surface area contributed by atoms with Crippen molar-refractivity contribution in [3.8, 4) is 0 Å². The van der Waals surface area contributed by atoms with E-state index < -0.39 is 0 Å². The molecule has 0 saturated heterocycles. The van der Waals surface area contributed by atoms with Gasteiger partial charge in [-0.05, 0) is 7.05 Å². The summed E-state index contributed by atoms with van der Waals surface area (Å²) in [6.07, 6.45) is 1.64. The summed E-state index contributed by atoms with van der Waals surface area (Å²) < 4.78 is 12.1. The highest BCUT2D eigenvalue weighted by atomic mass is 35.5. The molecule has 1 heterocycles. The third-order valence-electron chi connectivity index (χ3n) is 2.33. The van der Waals surface area contributed by atoms with Crippen molar-refractivity contribution in [3.63, 3.8) is 0 Å². The van der Waals surface area contributed by atoms with Gasteiger partial charge in [-0.2, -0.15) is 5.10 Å². The lowest BCUT2D eigenvalue weighted by atomic mass is 10.2. The Morgan fingerprint density at radius 2 is 2.31 bits per heavy atom. The summed E-state index contributed by atoms with van der Waals surface area (Å²) in [7, 11) is 5.38. The van der Waals surface area contributed by atoms with E-state index in [1.165, 1.54) is 0 Å². The van der Waals surface area contributed by atoms with Crippen LogP contribution in [-0.4, -0.2) is 43.8 Å². The van der Waals surface area contributed by atoms with Gasteiger partial charge in [0.05, 0.1) is 42.8 Å². The molecular formula is C10H18ClN3O2. The van der Waals surface area contributed by atoms with E-state index in [9.17, 15) is 0 Å². The van der Waals surface area contributed by atoms with Crippen molar-refractivity contribution in [2.24, 2.45) is 7.05 Å². The molecule has 0 spiro atoms. The number of aryl methyl sites for hydroxylation is 1. The Morgan fingerprint density at radius 1 is 1.56 bits per heavy atom. The highest BCUT2D eigenvalue weighted by Gasteiger charge is 2.17. The summed E-state index contributed by atoms with van der Waals surface area (Å²) in [5, 5.41) is 7.90. The maximum absolute atomic E-state index is 6.06. The molecule has 1 aromatic rings. The Balaban J connectivity index is 2.54. The first kappa shape index (κ1) is 13.4. The number of likely N-dealkylation sites (N-methyl/N-ethyl adjacent to an activating group) is 1. The topological polar surface area (TPSA) is 48.3 Å². The van der Waals surface area contributed by atoms with Gasteiger partial charge in [-0.3, -0.25) is 4.68 Å². The van der Waals surface area contributed by atoms with Gasteiger partial charge in [-0.25, -0.2) is 0 Å². The van der Waals surface area contributed by atoms with E-state index >= 15 is 0 Å². The van der Waals surface area contributed by atoms with Crippen molar-refractivity contribution >= 4 is 11.6 Å². The molecular weight excluding hydrogens is 230 g/mol. The van der Waals surface area contributed by atoms with Crippen LogP contribution in [-0.2, 0) is 16.5 Å². The second-order valence-electron chi connectivity index (χ2n) is 3.41. The van der Waals surface area contributed by atoms with Gasteiger partial charge in [0.1, 0.15) is 0 Å². The van der Waals surface area contributed by atoms with Crippen molar-refractivity contribution in [2.45, 2.75) is 6.04 Å². The monoisotopic (exact) mass is 247 g/mol. The number of ether oxygens (including phenoxy) is 2. The number of halogens is 1. The number of methoxy groups -OCH3 is 1. The Kier molecular flexibility index (Phi) is 5.76. The van der Waals surface area contributed by atoms with Crippen LogP contribution in [0.15, 0.2) is 6.20 Å². The van der Waals surface area contributed by atoms with E-state index in [0.717, 1.165) is 5.69 Å². The standard InChI is InChI=1S/C10H18ClN3O2/c1-12-9(7-16-5-4-15-3)10-8(11)6-13-14(10)2/h6,9,12H,4-5,7H2,1-3H3. The van der Waals surface area contributed by atoms with Crippen LogP contribution in [0.1, 0.15) is 11.7 Å². The van der Waals surface area contributed by atoms with E-state index in [1.807, 2.05) is 14.1 Å². The van der Waals surface area contributed by atoms with Crippen molar-refractivity contribution in [1.29, 1.82) is 0 Å². The molecule has 1 N–H and O–H groups in total. The van der Waals surface area contributed by atoms with Crippen molar-refractivity contribution < 1.29 is 9.47 Å². The molecule has 0 aliphatic rings. The molecule has 1 rings (SSSR count). The van der Waals surface area contributed by atoms with Crippen LogP contribution in [0, 0.1) is 0 Å². The average Bonchev–Trinajstić information content (AvgIpc) is 2.60. The molecule has 1 atom stereocenters. The van der Waals surface area contributed by atoms with Crippen LogP contribution in [0.2, 0.25) is 5.02 Å². The zero-order chi connectivity index (χ0) is 12.0. The third kappa shape index (κ3) is 3.45. The van der Waals surface area contributed by atoms with Crippen LogP contribution in [0.4, 0.5) is 0 Å². The second kappa shape index (κ2) is 6.85. The van der Waals surface area contributed by atoms with Gasteiger partial charge in [0.2, 0.25) is 0 Å². The number of aromatic nitrogens is 2. The van der Waals surface area contributed by atoms with Gasteiger partial charge in [0, 0.05) is 14.2 Å². The minimum atomic E-state index is 0.0388. The zero-order valence-electron chi connectivity index (χ0n) is 9.86. The van der Waals surface area contributed by atoms with Crippen LogP contribution >= 0.6 is 11.6 Å². The fraction of sp³-hybridized carbons (Fsp3) is 0.700. The van der Waals surface area contributed by atoms with E-state index in [1.54, 1.807) is 18.0 Å². The van der Waals surface area contributed by atoms with Crippen molar-refractivity contribution in [2.75, 3.05) is 34.0 Å². The quantitative estimate of drug-likeness (QED) is 0.731. The number of nitrogens with zero attached hydrogens (tertiary/aromatic N) is 2. The molecule has 1 unspecified atom stereocenters. The Labute approximate surface area is 101 Å². The highest BCUT2D eigenvalue weighted by molar-refractivity contribution is 6.31. The highest BCUT2D eigenvalue weighted by Crippen LogP contribution is 2.21. The first-order valence-electron chi connectivity index (χ1n) is 5.12. The molecule has 0 fully saturated rings. The summed E-state index contributed by atoms with van der Waals surface area (Å²) in [5.74, 6) is 0. The van der Waals surface area contributed by atoms with Gasteiger partial charge >= 0.3 is 0 Å². The summed E-state index contributed by atoms with van der Waals surface area (Å²) in [5.41, 5.74) is 0.932. The van der Waals surface area contributed by atoms with Crippen LogP contribution in [0.3, 0.4) is 0 Å². The van der Waals surface area contributed by atoms with Crippen LogP contribution in [0.25, 0.3) is 0 Å². The molecule has 1 aromatic heterocycles. The fourth-order valence-electron chi connectivity index (χ4n) is 1.45. The van der Waals surface area contributed by atoms with Gasteiger partial charge in [0.25, 0.3) is 0 Å². The Hall–Kier alpha value is -0.620. The summed E-state index contributed by atoms with van der Waals surface area (Å²) in [6.45, 7) is 1.71. The molecule has 16 heavy (non-hydrogen) atoms. The van der Waals surface area contributed by atoms with Gasteiger partial charge in [0.15, 0.2) is 0 Å². The van der Waals surface area contributed by atoms with E-state index in [-0.39, 0.29) is 6.04 Å². The number of rotatable bonds is 7. The first-order valence-corrected chi connectivity index (χ1v) is 5.49. The van der Waals surface area contributed by atoms with Gasteiger partial charge < -0.3 is 14.8 Å². The maximum atomic E-state index is 6.06. The molecule has 6 heteroatoms. The molecule has 0 amide bonds. The predicted molar refractivity (Wildman–Crippen MR) is 62.7 cm³/mol. The van der Waals surface area contributed by atoms with Crippen LogP contribution in [0.5, 0.6) is 0 Å². The minimum Gasteiger partial charge on any atom is -0.382 e. The van der Waals surface area contributed by atoms with Gasteiger partial charge in [-0.15, -0.1) is 0 Å². The SMILES string of the molecule is CNC(COCCOC)c1c(Cl)cnn1C. The van der Waals surface area contributed by atoms with Crippen LogP contribution < -0.4 is 5.32 Å². The molecule has 0 bridgehead atoms. The number of nitrogens with one attached hydrogen (secondary N) is 1. The van der Waals surface area contributed by atoms with Crippen molar-refractivity contribution in [1.82, 2.24) is 15.1 Å². The first-order chi connectivity index (χ1) is 7.70. The van der Waals surface area contributed by atoms with E-state index in [0.29, 0.717) is 24.8 Å². The minimum absolute atomic E-state index is 0.0388. The van der Waals surface area contributed by atoms with Gasteiger partial charge in [-0.1, -0.05) is 11.6 Å².